The maximum atomic E-state index is 4.70. The molecule has 0 saturated carbocycles. The summed E-state index contributed by atoms with van der Waals surface area (Å²) in [4.78, 5) is 5.30. The molecule has 0 radical (unpaired) electrons. The average molecular weight is 310 g/mol. The Morgan fingerprint density at radius 2 is 1.87 bits per heavy atom. The highest BCUT2D eigenvalue weighted by molar-refractivity contribution is 5.62. The molecule has 3 heterocycles. The molecule has 1 aromatic heterocycles. The van der Waals surface area contributed by atoms with Gasteiger partial charge in [-0.1, -0.05) is 30.3 Å². The summed E-state index contributed by atoms with van der Waals surface area (Å²) in [6.07, 6.45) is 6.28. The second-order valence-electron chi connectivity index (χ2n) is 6.96. The van der Waals surface area contributed by atoms with E-state index in [1.165, 1.54) is 56.6 Å². The van der Waals surface area contributed by atoms with Gasteiger partial charge >= 0.3 is 0 Å². The average Bonchev–Trinajstić information content (AvgIpc) is 3.29. The summed E-state index contributed by atoms with van der Waals surface area (Å²) in [6, 6.07) is 11.3. The second kappa shape index (κ2) is 6.46. The molecule has 23 heavy (non-hydrogen) atoms. The molecule has 122 valence electrons. The van der Waals surface area contributed by atoms with Gasteiger partial charge in [0.15, 0.2) is 0 Å². The van der Waals surface area contributed by atoms with E-state index >= 15 is 0 Å². The maximum absolute atomic E-state index is 4.70. The molecule has 0 bridgehead atoms. The van der Waals surface area contributed by atoms with Crippen LogP contribution in [0.1, 0.15) is 24.8 Å². The van der Waals surface area contributed by atoms with E-state index in [9.17, 15) is 0 Å². The van der Waals surface area contributed by atoms with E-state index in [2.05, 4.69) is 46.3 Å². The summed E-state index contributed by atoms with van der Waals surface area (Å²) in [6.45, 7) is 6.05. The first-order valence-electron chi connectivity index (χ1n) is 8.84. The van der Waals surface area contributed by atoms with E-state index in [0.717, 1.165) is 18.3 Å². The highest BCUT2D eigenvalue weighted by atomic mass is 15.3. The fourth-order valence-corrected chi connectivity index (χ4v) is 4.09. The Kier molecular flexibility index (Phi) is 4.19. The van der Waals surface area contributed by atoms with Crippen molar-refractivity contribution < 1.29 is 0 Å². The van der Waals surface area contributed by atoms with E-state index in [1.807, 2.05) is 11.7 Å². The number of likely N-dealkylation sites (tertiary alicyclic amines) is 2. The van der Waals surface area contributed by atoms with Gasteiger partial charge < -0.3 is 0 Å². The number of hydrogen-bond acceptors (Lipinski definition) is 3. The van der Waals surface area contributed by atoms with Gasteiger partial charge in [-0.25, -0.2) is 0 Å². The third-order valence-electron chi connectivity index (χ3n) is 5.25. The summed E-state index contributed by atoms with van der Waals surface area (Å²) < 4.78 is 1.95. The highest BCUT2D eigenvalue weighted by Crippen LogP contribution is 2.26. The number of aryl methyl sites for hydroxylation is 1. The zero-order valence-electron chi connectivity index (χ0n) is 14.0. The van der Waals surface area contributed by atoms with E-state index in [-0.39, 0.29) is 0 Å². The molecule has 2 aromatic rings. The Hall–Kier alpha value is -1.65. The molecule has 0 spiro atoms. The lowest BCUT2D eigenvalue weighted by molar-refractivity contribution is 0.230. The van der Waals surface area contributed by atoms with Crippen LogP contribution >= 0.6 is 0 Å². The molecule has 1 aromatic carbocycles. The van der Waals surface area contributed by atoms with Crippen molar-refractivity contribution in [2.45, 2.75) is 31.8 Å². The van der Waals surface area contributed by atoms with Gasteiger partial charge in [-0.05, 0) is 32.4 Å². The topological polar surface area (TPSA) is 24.3 Å². The van der Waals surface area contributed by atoms with Crippen molar-refractivity contribution in [1.82, 2.24) is 19.6 Å². The minimum Gasteiger partial charge on any atom is -0.299 e. The van der Waals surface area contributed by atoms with Gasteiger partial charge in [-0.2, -0.15) is 5.10 Å². The van der Waals surface area contributed by atoms with Crippen LogP contribution < -0.4 is 0 Å². The number of nitrogens with zero attached hydrogens (tertiary/aromatic N) is 4. The zero-order valence-corrected chi connectivity index (χ0v) is 14.0. The Morgan fingerprint density at radius 1 is 1.09 bits per heavy atom. The van der Waals surface area contributed by atoms with Crippen molar-refractivity contribution in [3.8, 4) is 11.3 Å². The first kappa shape index (κ1) is 14.9. The molecule has 0 amide bonds. The van der Waals surface area contributed by atoms with Gasteiger partial charge in [0, 0.05) is 50.0 Å². The summed E-state index contributed by atoms with van der Waals surface area (Å²) in [5.41, 5.74) is 3.71. The molecular weight excluding hydrogens is 284 g/mol. The molecule has 2 fully saturated rings. The van der Waals surface area contributed by atoms with Gasteiger partial charge in [-0.3, -0.25) is 14.5 Å². The maximum Gasteiger partial charge on any atom is 0.0968 e. The lowest BCUT2D eigenvalue weighted by Gasteiger charge is -2.23. The van der Waals surface area contributed by atoms with Gasteiger partial charge in [-0.15, -0.1) is 0 Å². The smallest absolute Gasteiger partial charge is 0.0968 e. The van der Waals surface area contributed by atoms with E-state index < -0.39 is 0 Å². The predicted molar refractivity (Wildman–Crippen MR) is 93.1 cm³/mol. The summed E-state index contributed by atoms with van der Waals surface area (Å²) in [5.74, 6) is 0. The Labute approximate surface area is 138 Å². The van der Waals surface area contributed by atoms with Crippen molar-refractivity contribution in [3.05, 3.63) is 42.1 Å². The Bertz CT molecular complexity index is 643. The van der Waals surface area contributed by atoms with Gasteiger partial charge in [0.25, 0.3) is 0 Å². The van der Waals surface area contributed by atoms with Crippen LogP contribution in [-0.4, -0.2) is 51.8 Å². The first-order valence-corrected chi connectivity index (χ1v) is 8.84. The van der Waals surface area contributed by atoms with Crippen LogP contribution in [0.5, 0.6) is 0 Å². The van der Waals surface area contributed by atoms with E-state index in [4.69, 9.17) is 5.10 Å². The second-order valence-corrected chi connectivity index (χ2v) is 6.96. The summed E-state index contributed by atoms with van der Waals surface area (Å²) in [5, 5.41) is 4.70. The van der Waals surface area contributed by atoms with Crippen LogP contribution in [0.15, 0.2) is 36.5 Å². The fraction of sp³-hybridized carbons (Fsp3) is 0.526. The standard InChI is InChI=1S/C19H26N4/c1-21-13-17(19(20-21)16-7-3-2-4-8-16)14-22-12-9-18(15-22)23-10-5-6-11-23/h2-4,7-8,13,18H,5-6,9-12,14-15H2,1H3/t18-/m0/s1. The molecule has 2 saturated heterocycles. The molecule has 0 aliphatic carbocycles. The van der Waals surface area contributed by atoms with Crippen LogP contribution in [0.25, 0.3) is 11.3 Å². The number of benzene rings is 1. The third kappa shape index (κ3) is 3.19. The summed E-state index contributed by atoms with van der Waals surface area (Å²) >= 11 is 0. The third-order valence-corrected chi connectivity index (χ3v) is 5.25. The van der Waals surface area contributed by atoms with Gasteiger partial charge in [0.05, 0.1) is 5.69 Å². The van der Waals surface area contributed by atoms with Crippen molar-refractivity contribution >= 4 is 0 Å². The SMILES string of the molecule is Cn1cc(CN2CC[C@H](N3CCCC3)C2)c(-c2ccccc2)n1. The lowest BCUT2D eigenvalue weighted by Crippen LogP contribution is -2.35. The molecule has 4 nitrogen and oxygen atoms in total. The predicted octanol–water partition coefficient (Wildman–Crippen LogP) is 2.76. The largest absolute Gasteiger partial charge is 0.299 e. The molecule has 4 rings (SSSR count). The highest BCUT2D eigenvalue weighted by Gasteiger charge is 2.29. The monoisotopic (exact) mass is 310 g/mol. The number of hydrogen-bond donors (Lipinski definition) is 0. The van der Waals surface area contributed by atoms with Crippen molar-refractivity contribution in [2.24, 2.45) is 7.05 Å². The fourth-order valence-electron chi connectivity index (χ4n) is 4.09. The number of aromatic nitrogens is 2. The van der Waals surface area contributed by atoms with Gasteiger partial charge in [0.1, 0.15) is 0 Å². The minimum atomic E-state index is 0.773. The van der Waals surface area contributed by atoms with Gasteiger partial charge in [0.2, 0.25) is 0 Å². The number of rotatable bonds is 4. The summed E-state index contributed by atoms with van der Waals surface area (Å²) in [7, 11) is 2.02. The molecule has 2 aliphatic heterocycles. The normalized spacial score (nSPS) is 22.9. The molecule has 0 unspecified atom stereocenters. The Balaban J connectivity index is 1.47. The molecule has 2 aliphatic rings. The van der Waals surface area contributed by atoms with Crippen LogP contribution in [-0.2, 0) is 13.6 Å². The molecule has 0 N–H and O–H groups in total. The quantitative estimate of drug-likeness (QED) is 0.868. The van der Waals surface area contributed by atoms with Crippen molar-refractivity contribution in [2.75, 3.05) is 26.2 Å². The first-order chi connectivity index (χ1) is 11.3. The van der Waals surface area contributed by atoms with Crippen molar-refractivity contribution in [3.63, 3.8) is 0 Å². The molecule has 4 heteroatoms. The lowest BCUT2D eigenvalue weighted by atomic mass is 10.1. The van der Waals surface area contributed by atoms with Crippen LogP contribution in [0.3, 0.4) is 0 Å². The van der Waals surface area contributed by atoms with Crippen molar-refractivity contribution in [1.29, 1.82) is 0 Å². The zero-order chi connectivity index (χ0) is 15.6. The van der Waals surface area contributed by atoms with Crippen LogP contribution in [0.2, 0.25) is 0 Å². The van der Waals surface area contributed by atoms with E-state index in [1.54, 1.807) is 0 Å². The molecule has 1 atom stereocenters. The van der Waals surface area contributed by atoms with E-state index in [0.29, 0.717) is 0 Å². The minimum absolute atomic E-state index is 0.773. The Morgan fingerprint density at radius 3 is 2.65 bits per heavy atom. The van der Waals surface area contributed by atoms with Crippen LogP contribution in [0.4, 0.5) is 0 Å². The van der Waals surface area contributed by atoms with Crippen LogP contribution in [0, 0.1) is 0 Å². The molecular formula is C19H26N4.